The molecule has 0 radical (unpaired) electrons. The van der Waals surface area contributed by atoms with Crippen molar-refractivity contribution in [1.29, 1.82) is 0 Å². The van der Waals surface area contributed by atoms with Crippen LogP contribution in [0.25, 0.3) is 0 Å². The number of carbonyl (C=O) groups is 1. The third-order valence-corrected chi connectivity index (χ3v) is 3.09. The lowest BCUT2D eigenvalue weighted by molar-refractivity contribution is 0.0958. The highest BCUT2D eigenvalue weighted by atomic mass is 16.3. The van der Waals surface area contributed by atoms with E-state index in [1.54, 1.807) is 18.2 Å². The van der Waals surface area contributed by atoms with Crippen LogP contribution in [0.3, 0.4) is 0 Å². The summed E-state index contributed by atoms with van der Waals surface area (Å²) in [5, 5.41) is 6.01. The Morgan fingerprint density at radius 1 is 1.19 bits per heavy atom. The van der Waals surface area contributed by atoms with Gasteiger partial charge in [0.2, 0.25) is 0 Å². The van der Waals surface area contributed by atoms with E-state index in [9.17, 15) is 4.79 Å². The highest BCUT2D eigenvalue weighted by Crippen LogP contribution is 2.13. The molecular weight excluding hydrogens is 264 g/mol. The number of furan rings is 1. The summed E-state index contributed by atoms with van der Waals surface area (Å²) < 4.78 is 5.62. The Morgan fingerprint density at radius 2 is 1.90 bits per heavy atom. The van der Waals surface area contributed by atoms with Crippen LogP contribution in [0.1, 0.15) is 28.8 Å². The number of anilines is 1. The molecule has 0 saturated carbocycles. The van der Waals surface area contributed by atoms with Gasteiger partial charge in [0.05, 0.1) is 6.54 Å². The minimum absolute atomic E-state index is 0.0972. The van der Waals surface area contributed by atoms with Gasteiger partial charge in [-0.1, -0.05) is 13.0 Å². The normalized spacial score (nSPS) is 10.1. The van der Waals surface area contributed by atoms with Gasteiger partial charge in [-0.15, -0.1) is 6.58 Å². The second kappa shape index (κ2) is 7.33. The average molecular weight is 284 g/mol. The first kappa shape index (κ1) is 14.9. The first-order chi connectivity index (χ1) is 10.2. The maximum atomic E-state index is 11.7. The van der Waals surface area contributed by atoms with Gasteiger partial charge in [0.25, 0.3) is 5.91 Å². The minimum atomic E-state index is -0.0972. The van der Waals surface area contributed by atoms with Gasteiger partial charge in [0.15, 0.2) is 0 Å². The topological polar surface area (TPSA) is 54.3 Å². The molecule has 0 bridgehead atoms. The number of benzene rings is 1. The van der Waals surface area contributed by atoms with Gasteiger partial charge in [-0.05, 0) is 36.4 Å². The van der Waals surface area contributed by atoms with Gasteiger partial charge in [-0.2, -0.15) is 0 Å². The van der Waals surface area contributed by atoms with Crippen LogP contribution >= 0.6 is 0 Å². The van der Waals surface area contributed by atoms with E-state index in [1.165, 1.54) is 0 Å². The van der Waals surface area contributed by atoms with E-state index in [1.807, 2.05) is 24.3 Å². The predicted octanol–water partition coefficient (Wildman–Crippen LogP) is 3.37. The van der Waals surface area contributed by atoms with Crippen LogP contribution in [0.5, 0.6) is 0 Å². The van der Waals surface area contributed by atoms with Crippen molar-refractivity contribution in [2.24, 2.45) is 0 Å². The fraction of sp³-hybridized carbons (Fsp3) is 0.235. The molecule has 4 heteroatoms. The van der Waals surface area contributed by atoms with E-state index in [2.05, 4.69) is 24.1 Å². The van der Waals surface area contributed by atoms with Gasteiger partial charge in [-0.25, -0.2) is 0 Å². The van der Waals surface area contributed by atoms with Crippen molar-refractivity contribution < 1.29 is 9.21 Å². The van der Waals surface area contributed by atoms with Crippen LogP contribution in [-0.4, -0.2) is 12.5 Å². The molecule has 0 aliphatic rings. The average Bonchev–Trinajstić information content (AvgIpc) is 2.99. The van der Waals surface area contributed by atoms with E-state index in [4.69, 9.17) is 4.42 Å². The van der Waals surface area contributed by atoms with E-state index >= 15 is 0 Å². The Kier molecular flexibility index (Phi) is 5.21. The summed E-state index contributed by atoms with van der Waals surface area (Å²) in [5.74, 6) is 1.79. The van der Waals surface area contributed by atoms with Crippen LogP contribution in [0, 0.1) is 0 Å². The molecule has 1 aromatic heterocycles. The third-order valence-electron chi connectivity index (χ3n) is 3.09. The maximum Gasteiger partial charge on any atom is 0.251 e. The van der Waals surface area contributed by atoms with Crippen molar-refractivity contribution in [3.8, 4) is 0 Å². The molecule has 1 aromatic carbocycles. The first-order valence-electron chi connectivity index (χ1n) is 7.03. The Morgan fingerprint density at radius 3 is 2.52 bits per heavy atom. The van der Waals surface area contributed by atoms with Gasteiger partial charge >= 0.3 is 0 Å². The molecule has 0 fully saturated rings. The summed E-state index contributed by atoms with van der Waals surface area (Å²) >= 11 is 0. The Bertz CT molecular complexity index is 600. The van der Waals surface area contributed by atoms with Gasteiger partial charge < -0.3 is 15.1 Å². The Balaban J connectivity index is 1.89. The molecule has 0 aliphatic carbocycles. The summed E-state index contributed by atoms with van der Waals surface area (Å²) in [5.41, 5.74) is 1.58. The second-order valence-electron chi connectivity index (χ2n) is 4.65. The fourth-order valence-corrected chi connectivity index (χ4v) is 1.90. The number of nitrogens with one attached hydrogen (secondary N) is 2. The van der Waals surface area contributed by atoms with Crippen molar-refractivity contribution in [3.63, 3.8) is 0 Å². The van der Waals surface area contributed by atoms with Crippen LogP contribution in [0.15, 0.2) is 53.5 Å². The number of carbonyl (C=O) groups excluding carboxylic acids is 1. The van der Waals surface area contributed by atoms with Crippen LogP contribution in [-0.2, 0) is 13.0 Å². The molecule has 0 atom stereocenters. The largest absolute Gasteiger partial charge is 0.464 e. The van der Waals surface area contributed by atoms with Gasteiger partial charge in [0.1, 0.15) is 11.5 Å². The predicted molar refractivity (Wildman–Crippen MR) is 84.4 cm³/mol. The fourth-order valence-electron chi connectivity index (χ4n) is 1.90. The van der Waals surface area contributed by atoms with Gasteiger partial charge in [-0.3, -0.25) is 4.79 Å². The quantitative estimate of drug-likeness (QED) is 0.766. The van der Waals surface area contributed by atoms with Gasteiger partial charge in [0, 0.05) is 24.2 Å². The molecule has 2 aromatic rings. The van der Waals surface area contributed by atoms with Crippen LogP contribution in [0.4, 0.5) is 5.69 Å². The molecule has 110 valence electrons. The lowest BCUT2D eigenvalue weighted by Crippen LogP contribution is -2.23. The number of aryl methyl sites for hydroxylation is 1. The van der Waals surface area contributed by atoms with Crippen molar-refractivity contribution >= 4 is 11.6 Å². The molecule has 0 saturated heterocycles. The second-order valence-corrected chi connectivity index (χ2v) is 4.65. The highest BCUT2D eigenvalue weighted by Gasteiger charge is 2.04. The zero-order valence-electron chi connectivity index (χ0n) is 12.2. The maximum absolute atomic E-state index is 11.7. The molecule has 0 unspecified atom stereocenters. The molecular formula is C17H20N2O2. The molecule has 1 amide bonds. The molecule has 0 aliphatic heterocycles. The van der Waals surface area contributed by atoms with Crippen LogP contribution < -0.4 is 10.6 Å². The summed E-state index contributed by atoms with van der Waals surface area (Å²) in [4.78, 5) is 11.7. The number of hydrogen-bond donors (Lipinski definition) is 2. The summed E-state index contributed by atoms with van der Waals surface area (Å²) in [7, 11) is 0. The molecule has 0 spiro atoms. The third kappa shape index (κ3) is 4.24. The van der Waals surface area contributed by atoms with Crippen molar-refractivity contribution in [1.82, 2.24) is 5.32 Å². The van der Waals surface area contributed by atoms with Crippen molar-refractivity contribution in [3.05, 3.63) is 66.1 Å². The van der Waals surface area contributed by atoms with E-state index in [-0.39, 0.29) is 5.91 Å². The van der Waals surface area contributed by atoms with E-state index in [0.29, 0.717) is 18.7 Å². The zero-order chi connectivity index (χ0) is 15.1. The first-order valence-corrected chi connectivity index (χ1v) is 7.03. The summed E-state index contributed by atoms with van der Waals surface area (Å²) in [6, 6.07) is 11.3. The number of amides is 1. The zero-order valence-corrected chi connectivity index (χ0v) is 12.2. The Hall–Kier alpha value is -2.49. The summed E-state index contributed by atoms with van der Waals surface area (Å²) in [6.07, 6.45) is 2.55. The molecule has 4 nitrogen and oxygen atoms in total. The SMILES string of the molecule is C=CCNC(=O)c1ccc(NCc2ccc(CC)o2)cc1. The highest BCUT2D eigenvalue weighted by molar-refractivity contribution is 5.94. The van der Waals surface area contributed by atoms with Crippen LogP contribution in [0.2, 0.25) is 0 Å². The van der Waals surface area contributed by atoms with E-state index in [0.717, 1.165) is 23.6 Å². The lowest BCUT2D eigenvalue weighted by Gasteiger charge is -2.06. The molecule has 2 N–H and O–H groups in total. The molecule has 1 heterocycles. The molecule has 2 rings (SSSR count). The minimum Gasteiger partial charge on any atom is -0.464 e. The Labute approximate surface area is 124 Å². The lowest BCUT2D eigenvalue weighted by atomic mass is 10.2. The van der Waals surface area contributed by atoms with E-state index < -0.39 is 0 Å². The number of rotatable bonds is 7. The van der Waals surface area contributed by atoms with Crippen molar-refractivity contribution in [2.45, 2.75) is 19.9 Å². The standard InChI is InChI=1S/C17H20N2O2/c1-3-11-18-17(20)13-5-7-14(8-6-13)19-12-16-10-9-15(4-2)21-16/h3,5-10,19H,1,4,11-12H2,2H3,(H,18,20). The number of hydrogen-bond acceptors (Lipinski definition) is 3. The smallest absolute Gasteiger partial charge is 0.251 e. The molecule has 21 heavy (non-hydrogen) atoms. The summed E-state index contributed by atoms with van der Waals surface area (Å²) in [6.45, 7) is 6.73. The monoisotopic (exact) mass is 284 g/mol. The van der Waals surface area contributed by atoms with Crippen molar-refractivity contribution in [2.75, 3.05) is 11.9 Å².